The summed E-state index contributed by atoms with van der Waals surface area (Å²) in [6, 6.07) is 14.6. The summed E-state index contributed by atoms with van der Waals surface area (Å²) in [6.07, 6.45) is 3.67. The van der Waals surface area contributed by atoms with Gasteiger partial charge in [-0.2, -0.15) is 0 Å². The molecule has 31 heavy (non-hydrogen) atoms. The number of para-hydroxylation sites is 2. The van der Waals surface area contributed by atoms with E-state index in [0.29, 0.717) is 18.7 Å². The molecule has 1 heterocycles. The molecule has 5 nitrogen and oxygen atoms in total. The van der Waals surface area contributed by atoms with Gasteiger partial charge >= 0.3 is 0 Å². The smallest absolute Gasteiger partial charge is 0.246 e. The molecule has 164 valence electrons. The van der Waals surface area contributed by atoms with Gasteiger partial charge in [-0.15, -0.1) is 0 Å². The van der Waals surface area contributed by atoms with Crippen molar-refractivity contribution in [2.24, 2.45) is 0 Å². The van der Waals surface area contributed by atoms with Crippen molar-refractivity contribution in [2.45, 2.75) is 53.0 Å². The lowest BCUT2D eigenvalue weighted by Crippen LogP contribution is -2.25. The number of carbonyl (C=O) groups is 1. The highest BCUT2D eigenvalue weighted by Gasteiger charge is 2.10. The van der Waals surface area contributed by atoms with E-state index >= 15 is 0 Å². The van der Waals surface area contributed by atoms with Crippen molar-refractivity contribution in [2.75, 3.05) is 13.2 Å². The fraction of sp³-hybridized carbons (Fsp3) is 0.385. The van der Waals surface area contributed by atoms with E-state index in [4.69, 9.17) is 9.72 Å². The van der Waals surface area contributed by atoms with Gasteiger partial charge in [0.1, 0.15) is 11.6 Å². The minimum atomic E-state index is -0.0858. The van der Waals surface area contributed by atoms with Crippen LogP contribution in [-0.2, 0) is 17.8 Å². The number of imidazole rings is 1. The molecule has 1 aromatic heterocycles. The third kappa shape index (κ3) is 6.45. The minimum Gasteiger partial charge on any atom is -0.494 e. The van der Waals surface area contributed by atoms with Crippen LogP contribution in [-0.4, -0.2) is 28.6 Å². The van der Waals surface area contributed by atoms with Gasteiger partial charge in [0.25, 0.3) is 0 Å². The second-order valence-electron chi connectivity index (χ2n) is 8.19. The molecule has 3 rings (SSSR count). The lowest BCUT2D eigenvalue weighted by Gasteiger charge is -2.11. The van der Waals surface area contributed by atoms with E-state index in [-0.39, 0.29) is 5.91 Å². The summed E-state index contributed by atoms with van der Waals surface area (Å²) in [5, 5.41) is 2.90. The van der Waals surface area contributed by atoms with E-state index in [1.54, 1.807) is 6.92 Å². The van der Waals surface area contributed by atoms with Gasteiger partial charge in [-0.05, 0) is 75.4 Å². The van der Waals surface area contributed by atoms with Gasteiger partial charge in [0.2, 0.25) is 5.91 Å². The van der Waals surface area contributed by atoms with Gasteiger partial charge in [0.15, 0.2) is 0 Å². The van der Waals surface area contributed by atoms with Crippen molar-refractivity contribution in [3.8, 4) is 5.75 Å². The lowest BCUT2D eigenvalue weighted by molar-refractivity contribution is -0.117. The monoisotopic (exact) mass is 419 g/mol. The second-order valence-corrected chi connectivity index (χ2v) is 8.19. The normalized spacial score (nSPS) is 10.9. The minimum absolute atomic E-state index is 0.0858. The van der Waals surface area contributed by atoms with E-state index in [9.17, 15) is 4.79 Å². The number of fused-ring (bicyclic) bond motifs is 1. The molecule has 0 aliphatic heterocycles. The predicted octanol–water partition coefficient (Wildman–Crippen LogP) is 5.14. The summed E-state index contributed by atoms with van der Waals surface area (Å²) in [6.45, 7) is 11.8. The first kappa shape index (κ1) is 22.6. The van der Waals surface area contributed by atoms with Crippen molar-refractivity contribution >= 4 is 16.9 Å². The number of aromatic nitrogens is 2. The maximum atomic E-state index is 11.7. The Morgan fingerprint density at radius 1 is 1.10 bits per heavy atom. The van der Waals surface area contributed by atoms with Gasteiger partial charge in [-0.1, -0.05) is 24.8 Å². The zero-order chi connectivity index (χ0) is 22.2. The van der Waals surface area contributed by atoms with Crippen LogP contribution in [0.25, 0.3) is 11.0 Å². The first-order chi connectivity index (χ1) is 14.9. The molecule has 2 aromatic carbocycles. The van der Waals surface area contributed by atoms with Crippen LogP contribution in [0.5, 0.6) is 5.75 Å². The van der Waals surface area contributed by atoms with Crippen molar-refractivity contribution in [1.82, 2.24) is 14.9 Å². The molecular formula is C26H33N3O2. The van der Waals surface area contributed by atoms with E-state index in [1.807, 2.05) is 6.07 Å². The lowest BCUT2D eigenvalue weighted by atomic mass is 10.1. The Labute approximate surface area is 185 Å². The highest BCUT2D eigenvalue weighted by molar-refractivity contribution is 5.92. The summed E-state index contributed by atoms with van der Waals surface area (Å²) in [5.74, 6) is 1.93. The Balaban J connectivity index is 1.54. The van der Waals surface area contributed by atoms with Crippen LogP contribution in [0, 0.1) is 13.8 Å². The molecule has 0 aliphatic carbocycles. The quantitative estimate of drug-likeness (QED) is 0.346. The van der Waals surface area contributed by atoms with E-state index < -0.39 is 0 Å². The van der Waals surface area contributed by atoms with Crippen molar-refractivity contribution in [3.05, 3.63) is 71.6 Å². The molecule has 0 aliphatic rings. The van der Waals surface area contributed by atoms with E-state index in [2.05, 4.69) is 66.7 Å². The highest BCUT2D eigenvalue weighted by atomic mass is 16.5. The maximum Gasteiger partial charge on any atom is 0.246 e. The average molecular weight is 420 g/mol. The summed E-state index contributed by atoms with van der Waals surface area (Å²) >= 11 is 0. The molecule has 0 atom stereocenters. The number of hydrogen-bond acceptors (Lipinski definition) is 3. The van der Waals surface area contributed by atoms with Crippen LogP contribution in [0.2, 0.25) is 0 Å². The van der Waals surface area contributed by atoms with Crippen molar-refractivity contribution < 1.29 is 9.53 Å². The first-order valence-electron chi connectivity index (χ1n) is 11.0. The molecule has 3 aromatic rings. The summed E-state index contributed by atoms with van der Waals surface area (Å²) in [4.78, 5) is 16.5. The topological polar surface area (TPSA) is 56.2 Å². The Hall–Kier alpha value is -3.08. The molecule has 0 unspecified atom stereocenters. The predicted molar refractivity (Wildman–Crippen MR) is 127 cm³/mol. The highest BCUT2D eigenvalue weighted by Crippen LogP contribution is 2.19. The third-order valence-electron chi connectivity index (χ3n) is 5.22. The molecule has 0 fully saturated rings. The number of ether oxygens (including phenoxy) is 1. The molecule has 0 spiro atoms. The Bertz CT molecular complexity index is 1030. The van der Waals surface area contributed by atoms with E-state index in [1.165, 1.54) is 16.6 Å². The standard InChI is InChI=1S/C26H33N3O2/c1-19(2)26(30)27-13-9-12-25-28-23-10-5-6-11-24(23)29(25)14-7-8-15-31-22-17-20(3)16-21(4)18-22/h5-6,10-11,16-18H,1,7-9,12-15H2,2-4H3,(H,27,30). The number of rotatable bonds is 11. The molecule has 0 saturated carbocycles. The SMILES string of the molecule is C=C(C)C(=O)NCCCc1nc2ccccc2n1CCCCOc1cc(C)cc(C)c1. The fourth-order valence-corrected chi connectivity index (χ4v) is 3.74. The number of amides is 1. The second kappa shape index (κ2) is 10.8. The summed E-state index contributed by atoms with van der Waals surface area (Å²) < 4.78 is 8.27. The maximum absolute atomic E-state index is 11.7. The van der Waals surface area contributed by atoms with Crippen molar-refractivity contribution in [3.63, 3.8) is 0 Å². The van der Waals surface area contributed by atoms with Crippen LogP contribution < -0.4 is 10.1 Å². The average Bonchev–Trinajstić information content (AvgIpc) is 3.07. The number of nitrogens with one attached hydrogen (secondary N) is 1. The zero-order valence-electron chi connectivity index (χ0n) is 18.9. The van der Waals surface area contributed by atoms with Crippen LogP contribution in [0.15, 0.2) is 54.6 Å². The van der Waals surface area contributed by atoms with Gasteiger partial charge in [-0.25, -0.2) is 4.98 Å². The number of unbranched alkanes of at least 4 members (excludes halogenated alkanes) is 1. The third-order valence-corrected chi connectivity index (χ3v) is 5.22. The summed E-state index contributed by atoms with van der Waals surface area (Å²) in [7, 11) is 0. The summed E-state index contributed by atoms with van der Waals surface area (Å²) in [5.41, 5.74) is 5.18. The van der Waals surface area contributed by atoms with Crippen LogP contribution in [0.3, 0.4) is 0 Å². The molecule has 1 amide bonds. The van der Waals surface area contributed by atoms with Gasteiger partial charge < -0.3 is 14.6 Å². The van der Waals surface area contributed by atoms with Crippen LogP contribution >= 0.6 is 0 Å². The molecular weight excluding hydrogens is 386 g/mol. The Morgan fingerprint density at radius 2 is 1.84 bits per heavy atom. The number of carbonyl (C=O) groups excluding carboxylic acids is 1. The Kier molecular flexibility index (Phi) is 7.88. The molecule has 0 saturated heterocycles. The largest absolute Gasteiger partial charge is 0.494 e. The Morgan fingerprint density at radius 3 is 2.58 bits per heavy atom. The number of nitrogens with zero attached hydrogens (tertiary/aromatic N) is 2. The van der Waals surface area contributed by atoms with Gasteiger partial charge in [0, 0.05) is 25.1 Å². The van der Waals surface area contributed by atoms with Crippen molar-refractivity contribution in [1.29, 1.82) is 0 Å². The molecule has 1 N–H and O–H groups in total. The first-order valence-corrected chi connectivity index (χ1v) is 11.0. The van der Waals surface area contributed by atoms with Gasteiger partial charge in [-0.3, -0.25) is 4.79 Å². The molecule has 0 radical (unpaired) electrons. The number of benzene rings is 2. The molecule has 5 heteroatoms. The van der Waals surface area contributed by atoms with Crippen LogP contribution in [0.1, 0.15) is 43.1 Å². The fourth-order valence-electron chi connectivity index (χ4n) is 3.74. The van der Waals surface area contributed by atoms with Crippen LogP contribution in [0.4, 0.5) is 0 Å². The van der Waals surface area contributed by atoms with Gasteiger partial charge in [0.05, 0.1) is 17.6 Å². The number of hydrogen-bond donors (Lipinski definition) is 1. The molecule has 0 bridgehead atoms. The number of aryl methyl sites for hydroxylation is 4. The zero-order valence-corrected chi connectivity index (χ0v) is 18.9. The van der Waals surface area contributed by atoms with E-state index in [0.717, 1.165) is 49.3 Å².